The van der Waals surface area contributed by atoms with Gasteiger partial charge in [-0.15, -0.1) is 0 Å². The smallest absolute Gasteiger partial charge is 0.253 e. The second-order valence-electron chi connectivity index (χ2n) is 5.81. The number of halogens is 1. The van der Waals surface area contributed by atoms with Crippen molar-refractivity contribution in [2.75, 3.05) is 6.54 Å². The summed E-state index contributed by atoms with van der Waals surface area (Å²) in [6, 6.07) is 7.67. The summed E-state index contributed by atoms with van der Waals surface area (Å²) in [5.74, 6) is -0.795. The van der Waals surface area contributed by atoms with E-state index >= 15 is 0 Å². The summed E-state index contributed by atoms with van der Waals surface area (Å²) in [4.78, 5) is 28.1. The standard InChI is InChI=1S/C18H18FN3O2/c19-15-5-2-1-4-13(15)8-12-9-14(11-20-10-12)17(23)22-16-6-3-7-21-18(16)24/h1-2,4-5,9-11,16H,3,6-8H2,(H,21,24)(H,22,23)/t16-/m1/s1. The van der Waals surface area contributed by atoms with Crippen LogP contribution in [-0.2, 0) is 11.2 Å². The molecule has 2 aromatic rings. The Hall–Kier alpha value is -2.76. The Morgan fingerprint density at radius 1 is 1.33 bits per heavy atom. The van der Waals surface area contributed by atoms with Crippen molar-refractivity contribution in [1.29, 1.82) is 0 Å². The predicted molar refractivity (Wildman–Crippen MR) is 86.9 cm³/mol. The zero-order chi connectivity index (χ0) is 16.9. The number of aromatic nitrogens is 1. The number of nitrogens with zero attached hydrogens (tertiary/aromatic N) is 1. The summed E-state index contributed by atoms with van der Waals surface area (Å²) in [6.45, 7) is 0.644. The maximum atomic E-state index is 13.7. The molecule has 3 rings (SSSR count). The van der Waals surface area contributed by atoms with Gasteiger partial charge in [-0.1, -0.05) is 18.2 Å². The number of piperidine rings is 1. The molecule has 1 aromatic heterocycles. The first kappa shape index (κ1) is 16.1. The molecule has 2 amide bonds. The fourth-order valence-electron chi connectivity index (χ4n) is 2.72. The number of benzene rings is 1. The van der Waals surface area contributed by atoms with Gasteiger partial charge < -0.3 is 10.6 Å². The van der Waals surface area contributed by atoms with E-state index in [9.17, 15) is 14.0 Å². The number of nitrogens with one attached hydrogen (secondary N) is 2. The van der Waals surface area contributed by atoms with Gasteiger partial charge >= 0.3 is 0 Å². The van der Waals surface area contributed by atoms with Crippen LogP contribution in [0.25, 0.3) is 0 Å². The van der Waals surface area contributed by atoms with E-state index in [0.717, 1.165) is 12.0 Å². The highest BCUT2D eigenvalue weighted by Gasteiger charge is 2.24. The van der Waals surface area contributed by atoms with Crippen LogP contribution < -0.4 is 10.6 Å². The molecule has 0 spiro atoms. The third-order valence-corrected chi connectivity index (χ3v) is 4.00. The molecular formula is C18H18FN3O2. The molecular weight excluding hydrogens is 309 g/mol. The van der Waals surface area contributed by atoms with Crippen molar-refractivity contribution in [2.24, 2.45) is 0 Å². The van der Waals surface area contributed by atoms with Gasteiger partial charge in [0.05, 0.1) is 5.56 Å². The van der Waals surface area contributed by atoms with Gasteiger partial charge in [0.1, 0.15) is 11.9 Å². The first-order valence-corrected chi connectivity index (χ1v) is 7.89. The predicted octanol–water partition coefficient (Wildman–Crippen LogP) is 1.82. The average Bonchev–Trinajstić information content (AvgIpc) is 2.59. The number of carbonyl (C=O) groups excluding carboxylic acids is 2. The quantitative estimate of drug-likeness (QED) is 0.900. The maximum Gasteiger partial charge on any atom is 0.253 e. The summed E-state index contributed by atoms with van der Waals surface area (Å²) in [5, 5.41) is 5.45. The van der Waals surface area contributed by atoms with E-state index in [0.29, 0.717) is 30.5 Å². The summed E-state index contributed by atoms with van der Waals surface area (Å²) in [6.07, 6.45) is 4.87. The molecule has 2 heterocycles. The molecule has 1 aliphatic heterocycles. The monoisotopic (exact) mass is 327 g/mol. The minimum atomic E-state index is -0.513. The first-order valence-electron chi connectivity index (χ1n) is 7.89. The van der Waals surface area contributed by atoms with E-state index in [-0.39, 0.29) is 17.6 Å². The van der Waals surface area contributed by atoms with Gasteiger partial charge in [-0.05, 0) is 36.1 Å². The number of hydrogen-bond acceptors (Lipinski definition) is 3. The Bertz CT molecular complexity index is 763. The summed E-state index contributed by atoms with van der Waals surface area (Å²) < 4.78 is 13.7. The zero-order valence-corrected chi connectivity index (χ0v) is 13.1. The Morgan fingerprint density at radius 2 is 2.17 bits per heavy atom. The molecule has 0 saturated carbocycles. The molecule has 2 N–H and O–H groups in total. The molecule has 5 nitrogen and oxygen atoms in total. The van der Waals surface area contributed by atoms with Crippen LogP contribution in [0.3, 0.4) is 0 Å². The molecule has 124 valence electrons. The van der Waals surface area contributed by atoms with Crippen LogP contribution in [-0.4, -0.2) is 29.4 Å². The Morgan fingerprint density at radius 3 is 2.96 bits per heavy atom. The second-order valence-corrected chi connectivity index (χ2v) is 5.81. The van der Waals surface area contributed by atoms with Crippen LogP contribution >= 0.6 is 0 Å². The Kier molecular flexibility index (Phi) is 4.84. The number of rotatable bonds is 4. The Balaban J connectivity index is 1.71. The van der Waals surface area contributed by atoms with Crippen molar-refractivity contribution in [3.63, 3.8) is 0 Å². The lowest BCUT2D eigenvalue weighted by Gasteiger charge is -2.22. The molecule has 1 aliphatic rings. The van der Waals surface area contributed by atoms with E-state index in [1.54, 1.807) is 30.5 Å². The molecule has 0 bridgehead atoms. The number of hydrogen-bond donors (Lipinski definition) is 2. The maximum absolute atomic E-state index is 13.7. The van der Waals surface area contributed by atoms with Gasteiger partial charge in [0.15, 0.2) is 0 Å². The van der Waals surface area contributed by atoms with E-state index in [2.05, 4.69) is 15.6 Å². The van der Waals surface area contributed by atoms with Crippen molar-refractivity contribution in [3.05, 3.63) is 65.2 Å². The van der Waals surface area contributed by atoms with Crippen LogP contribution in [0.4, 0.5) is 4.39 Å². The fraction of sp³-hybridized carbons (Fsp3) is 0.278. The third kappa shape index (κ3) is 3.76. The lowest BCUT2D eigenvalue weighted by molar-refractivity contribution is -0.124. The largest absolute Gasteiger partial charge is 0.354 e. The molecule has 0 aliphatic carbocycles. The highest BCUT2D eigenvalue weighted by atomic mass is 19.1. The van der Waals surface area contributed by atoms with Crippen LogP contribution in [0.1, 0.15) is 34.3 Å². The number of pyridine rings is 1. The van der Waals surface area contributed by atoms with Gasteiger partial charge in [-0.3, -0.25) is 14.6 Å². The van der Waals surface area contributed by atoms with E-state index in [1.165, 1.54) is 12.3 Å². The second kappa shape index (κ2) is 7.21. The van der Waals surface area contributed by atoms with Crippen LogP contribution in [0, 0.1) is 5.82 Å². The van der Waals surface area contributed by atoms with Gasteiger partial charge in [0.25, 0.3) is 5.91 Å². The van der Waals surface area contributed by atoms with Crippen molar-refractivity contribution >= 4 is 11.8 Å². The molecule has 0 radical (unpaired) electrons. The molecule has 0 unspecified atom stereocenters. The van der Waals surface area contributed by atoms with Crippen LogP contribution in [0.15, 0.2) is 42.7 Å². The van der Waals surface area contributed by atoms with Crippen LogP contribution in [0.2, 0.25) is 0 Å². The first-order chi connectivity index (χ1) is 11.6. The highest BCUT2D eigenvalue weighted by Crippen LogP contribution is 2.14. The number of carbonyl (C=O) groups is 2. The van der Waals surface area contributed by atoms with E-state index < -0.39 is 6.04 Å². The third-order valence-electron chi connectivity index (χ3n) is 4.00. The number of amides is 2. The van der Waals surface area contributed by atoms with E-state index in [4.69, 9.17) is 0 Å². The van der Waals surface area contributed by atoms with Gasteiger partial charge in [0, 0.05) is 25.4 Å². The lowest BCUT2D eigenvalue weighted by atomic mass is 10.0. The lowest BCUT2D eigenvalue weighted by Crippen LogP contribution is -2.50. The van der Waals surface area contributed by atoms with Crippen molar-refractivity contribution in [1.82, 2.24) is 15.6 Å². The Labute approximate surface area is 139 Å². The van der Waals surface area contributed by atoms with Crippen molar-refractivity contribution in [2.45, 2.75) is 25.3 Å². The van der Waals surface area contributed by atoms with Crippen molar-refractivity contribution in [3.8, 4) is 0 Å². The molecule has 1 aromatic carbocycles. The van der Waals surface area contributed by atoms with Gasteiger partial charge in [-0.2, -0.15) is 0 Å². The summed E-state index contributed by atoms with van der Waals surface area (Å²) in [5.41, 5.74) is 1.64. The highest BCUT2D eigenvalue weighted by molar-refractivity contribution is 5.97. The van der Waals surface area contributed by atoms with Crippen molar-refractivity contribution < 1.29 is 14.0 Å². The molecule has 24 heavy (non-hydrogen) atoms. The summed E-state index contributed by atoms with van der Waals surface area (Å²) in [7, 11) is 0. The topological polar surface area (TPSA) is 71.1 Å². The zero-order valence-electron chi connectivity index (χ0n) is 13.1. The molecule has 1 atom stereocenters. The minimum absolute atomic E-state index is 0.162. The fourth-order valence-corrected chi connectivity index (χ4v) is 2.72. The average molecular weight is 327 g/mol. The molecule has 1 saturated heterocycles. The normalized spacial score (nSPS) is 17.2. The van der Waals surface area contributed by atoms with Crippen LogP contribution in [0.5, 0.6) is 0 Å². The molecule has 1 fully saturated rings. The minimum Gasteiger partial charge on any atom is -0.354 e. The van der Waals surface area contributed by atoms with E-state index in [1.807, 2.05) is 0 Å². The van der Waals surface area contributed by atoms with Gasteiger partial charge in [-0.25, -0.2) is 4.39 Å². The molecule has 6 heteroatoms. The van der Waals surface area contributed by atoms with Gasteiger partial charge in [0.2, 0.25) is 5.91 Å². The SMILES string of the molecule is O=C(N[C@@H]1CCCNC1=O)c1cncc(Cc2ccccc2F)c1. The summed E-state index contributed by atoms with van der Waals surface area (Å²) >= 11 is 0.